The molecule has 0 radical (unpaired) electrons. The summed E-state index contributed by atoms with van der Waals surface area (Å²) in [6.07, 6.45) is 6.51. The van der Waals surface area contributed by atoms with Crippen LogP contribution in [-0.4, -0.2) is 68.7 Å². The fourth-order valence-corrected chi connectivity index (χ4v) is 4.74. The monoisotopic (exact) mass is 475 g/mol. The van der Waals surface area contributed by atoms with Crippen LogP contribution >= 0.6 is 0 Å². The number of nitrogens with zero attached hydrogens (tertiary/aromatic N) is 5. The number of carbonyl (C=O) groups is 2. The fourth-order valence-electron chi connectivity index (χ4n) is 4.74. The Kier molecular flexibility index (Phi) is 6.77. The molecule has 5 rings (SSSR count). The molecule has 1 aliphatic heterocycles. The van der Waals surface area contributed by atoms with Crippen LogP contribution in [0, 0.1) is 6.92 Å². The van der Waals surface area contributed by atoms with Crippen molar-refractivity contribution in [1.29, 1.82) is 0 Å². The van der Waals surface area contributed by atoms with Gasteiger partial charge in [0.25, 0.3) is 5.91 Å². The van der Waals surface area contributed by atoms with Gasteiger partial charge >= 0.3 is 0 Å². The quantitative estimate of drug-likeness (QED) is 0.519. The van der Waals surface area contributed by atoms with Crippen LogP contribution in [0.3, 0.4) is 0 Å². The molecule has 3 aromatic heterocycles. The lowest BCUT2D eigenvalue weighted by molar-refractivity contribution is -0.122. The molecule has 0 bridgehead atoms. The second-order valence-corrected chi connectivity index (χ2v) is 9.63. The minimum Gasteiger partial charge on any atom is -0.355 e. The maximum atomic E-state index is 13.5. The second kappa shape index (κ2) is 10.1. The van der Waals surface area contributed by atoms with E-state index in [2.05, 4.69) is 20.5 Å². The van der Waals surface area contributed by atoms with E-state index in [0.717, 1.165) is 62.0 Å². The zero-order valence-electron chi connectivity index (χ0n) is 20.5. The normalized spacial score (nSPS) is 17.0. The van der Waals surface area contributed by atoms with Crippen LogP contribution in [0.25, 0.3) is 16.9 Å². The summed E-state index contributed by atoms with van der Waals surface area (Å²) in [5, 5.41) is 11.7. The minimum atomic E-state index is -0.0814. The smallest absolute Gasteiger partial charge is 0.252 e. The van der Waals surface area contributed by atoms with E-state index in [4.69, 9.17) is 10.1 Å². The van der Waals surface area contributed by atoms with Gasteiger partial charge in [0.2, 0.25) is 5.91 Å². The second-order valence-electron chi connectivity index (χ2n) is 9.63. The Labute approximate surface area is 205 Å². The number of aromatic nitrogens is 4. The Balaban J connectivity index is 1.34. The van der Waals surface area contributed by atoms with Gasteiger partial charge in [0.15, 0.2) is 11.5 Å². The number of likely N-dealkylation sites (tertiary alicyclic amines) is 1. The van der Waals surface area contributed by atoms with E-state index in [1.165, 1.54) is 0 Å². The number of nitrogens with one attached hydrogen (secondary N) is 2. The maximum Gasteiger partial charge on any atom is 0.252 e. The van der Waals surface area contributed by atoms with Gasteiger partial charge in [0.1, 0.15) is 0 Å². The van der Waals surface area contributed by atoms with E-state index in [9.17, 15) is 9.59 Å². The first-order valence-electron chi connectivity index (χ1n) is 12.6. The van der Waals surface area contributed by atoms with Gasteiger partial charge in [-0.05, 0) is 57.2 Å². The van der Waals surface area contributed by atoms with Crippen LogP contribution in [0.2, 0.25) is 0 Å². The zero-order chi connectivity index (χ0) is 24.4. The number of hydrogen-bond donors (Lipinski definition) is 2. The molecule has 4 heterocycles. The summed E-state index contributed by atoms with van der Waals surface area (Å²) >= 11 is 0. The van der Waals surface area contributed by atoms with E-state index in [-0.39, 0.29) is 17.9 Å². The van der Waals surface area contributed by atoms with E-state index >= 15 is 0 Å². The first-order chi connectivity index (χ1) is 17.0. The van der Waals surface area contributed by atoms with Gasteiger partial charge < -0.3 is 10.6 Å². The van der Waals surface area contributed by atoms with Gasteiger partial charge in [-0.2, -0.15) is 9.78 Å². The molecule has 3 aromatic rings. The molecule has 184 valence electrons. The Morgan fingerprint density at radius 1 is 1.14 bits per heavy atom. The highest BCUT2D eigenvalue weighted by Gasteiger charge is 2.30. The summed E-state index contributed by atoms with van der Waals surface area (Å²) in [7, 11) is 0. The molecule has 1 aliphatic carbocycles. The van der Waals surface area contributed by atoms with Crippen molar-refractivity contribution in [3.05, 3.63) is 47.4 Å². The highest BCUT2D eigenvalue weighted by molar-refractivity contribution is 6.07. The summed E-state index contributed by atoms with van der Waals surface area (Å²) in [4.78, 5) is 37.1. The van der Waals surface area contributed by atoms with Gasteiger partial charge in [-0.3, -0.25) is 14.5 Å². The molecule has 0 atom stereocenters. The van der Waals surface area contributed by atoms with Crippen molar-refractivity contribution in [2.45, 2.75) is 57.9 Å². The van der Waals surface area contributed by atoms with Crippen molar-refractivity contribution in [1.82, 2.24) is 35.3 Å². The zero-order valence-corrected chi connectivity index (χ0v) is 20.5. The lowest BCUT2D eigenvalue weighted by atomic mass is 10.0. The number of amides is 2. The number of hydrogen-bond acceptors (Lipinski definition) is 6. The summed E-state index contributed by atoms with van der Waals surface area (Å²) in [5.74, 6) is 1.08. The first kappa shape index (κ1) is 23.4. The molecular formula is C26H33N7O2. The number of fused-ring (bicyclic) bond motifs is 1. The number of carbonyl (C=O) groups excluding carboxylic acids is 2. The van der Waals surface area contributed by atoms with Gasteiger partial charge in [0, 0.05) is 43.5 Å². The van der Waals surface area contributed by atoms with Crippen molar-refractivity contribution in [3.63, 3.8) is 0 Å². The number of rotatable bonds is 8. The largest absolute Gasteiger partial charge is 0.355 e. The SMILES string of the molecule is CCCNC(=O)CN1CCC(NC(=O)c2cc(C3CC3)nc3c2c(C)nn3-c2ccccn2)CC1. The molecule has 0 aromatic carbocycles. The standard InChI is InChI=1S/C26H33N7O2/c1-3-11-28-23(34)16-32-13-9-19(10-14-32)29-26(35)20-15-21(18-7-8-18)30-25-24(20)17(2)31-33(25)22-6-4-5-12-27-22/h4-6,12,15,18-19H,3,7-11,13-14,16H2,1-2H3,(H,28,34)(H,29,35). The van der Waals surface area contributed by atoms with E-state index in [1.54, 1.807) is 10.9 Å². The number of aryl methyl sites for hydroxylation is 1. The molecule has 0 spiro atoms. The lowest BCUT2D eigenvalue weighted by Gasteiger charge is -2.31. The Morgan fingerprint density at radius 3 is 2.63 bits per heavy atom. The molecule has 0 unspecified atom stereocenters. The molecule has 2 aliphatic rings. The fraction of sp³-hybridized carbons (Fsp3) is 0.500. The molecule has 2 fully saturated rings. The Hall–Kier alpha value is -3.33. The highest BCUT2D eigenvalue weighted by Crippen LogP contribution is 2.40. The van der Waals surface area contributed by atoms with E-state index in [1.807, 2.05) is 38.1 Å². The predicted molar refractivity (Wildman–Crippen MR) is 134 cm³/mol. The maximum absolute atomic E-state index is 13.5. The van der Waals surface area contributed by atoms with Crippen molar-refractivity contribution in [3.8, 4) is 5.82 Å². The van der Waals surface area contributed by atoms with Crippen LogP contribution < -0.4 is 10.6 Å². The number of pyridine rings is 2. The van der Waals surface area contributed by atoms with Crippen LogP contribution in [-0.2, 0) is 4.79 Å². The van der Waals surface area contributed by atoms with Crippen molar-refractivity contribution >= 4 is 22.8 Å². The first-order valence-corrected chi connectivity index (χ1v) is 12.6. The van der Waals surface area contributed by atoms with Gasteiger partial charge in [-0.1, -0.05) is 13.0 Å². The molecule has 2 N–H and O–H groups in total. The van der Waals surface area contributed by atoms with Crippen molar-refractivity contribution in [2.24, 2.45) is 0 Å². The molecular weight excluding hydrogens is 442 g/mol. The van der Waals surface area contributed by atoms with Crippen LogP contribution in [0.5, 0.6) is 0 Å². The molecule has 1 saturated heterocycles. The molecule has 2 amide bonds. The predicted octanol–water partition coefficient (Wildman–Crippen LogP) is 2.72. The Morgan fingerprint density at radius 2 is 1.94 bits per heavy atom. The summed E-state index contributed by atoms with van der Waals surface area (Å²) in [6.45, 7) is 6.68. The minimum absolute atomic E-state index is 0.0708. The van der Waals surface area contributed by atoms with E-state index < -0.39 is 0 Å². The topological polar surface area (TPSA) is 105 Å². The van der Waals surface area contributed by atoms with Crippen molar-refractivity contribution < 1.29 is 9.59 Å². The highest BCUT2D eigenvalue weighted by atomic mass is 16.2. The number of piperidine rings is 1. The Bertz CT molecular complexity index is 1210. The van der Waals surface area contributed by atoms with Gasteiger partial charge in [0.05, 0.1) is 23.2 Å². The average Bonchev–Trinajstić information content (AvgIpc) is 3.67. The summed E-state index contributed by atoms with van der Waals surface area (Å²) < 4.78 is 1.75. The van der Waals surface area contributed by atoms with Crippen LogP contribution in [0.4, 0.5) is 0 Å². The van der Waals surface area contributed by atoms with Crippen LogP contribution in [0.1, 0.15) is 66.7 Å². The molecule has 9 nitrogen and oxygen atoms in total. The molecule has 1 saturated carbocycles. The molecule has 35 heavy (non-hydrogen) atoms. The van der Waals surface area contributed by atoms with E-state index in [0.29, 0.717) is 36.0 Å². The lowest BCUT2D eigenvalue weighted by Crippen LogP contribution is -2.47. The van der Waals surface area contributed by atoms with Gasteiger partial charge in [-0.15, -0.1) is 0 Å². The van der Waals surface area contributed by atoms with Crippen LogP contribution in [0.15, 0.2) is 30.5 Å². The summed E-state index contributed by atoms with van der Waals surface area (Å²) in [5.41, 5.74) is 3.04. The average molecular weight is 476 g/mol. The van der Waals surface area contributed by atoms with Crippen molar-refractivity contribution in [2.75, 3.05) is 26.2 Å². The third-order valence-electron chi connectivity index (χ3n) is 6.80. The molecule has 9 heteroatoms. The third kappa shape index (κ3) is 5.19. The summed E-state index contributed by atoms with van der Waals surface area (Å²) in [6, 6.07) is 7.72. The van der Waals surface area contributed by atoms with Gasteiger partial charge in [-0.25, -0.2) is 9.97 Å². The third-order valence-corrected chi connectivity index (χ3v) is 6.80.